The van der Waals surface area contributed by atoms with Crippen molar-refractivity contribution in [3.63, 3.8) is 0 Å². The highest BCUT2D eigenvalue weighted by Gasteiger charge is 1.82. The van der Waals surface area contributed by atoms with Crippen LogP contribution in [0.2, 0.25) is 5.02 Å². The van der Waals surface area contributed by atoms with Crippen LogP contribution in [0.3, 0.4) is 0 Å². The Bertz CT molecular complexity index is 147. The van der Waals surface area contributed by atoms with Crippen LogP contribution in [0, 0.1) is 0 Å². The third kappa shape index (κ3) is 1.47. The van der Waals surface area contributed by atoms with Gasteiger partial charge in [-0.2, -0.15) is 0 Å². The Morgan fingerprint density at radius 2 is 1.62 bits per heavy atom. The van der Waals surface area contributed by atoms with Gasteiger partial charge in [-0.3, -0.25) is 0 Å². The molecule has 2 heteroatoms. The maximum absolute atomic E-state index is 5.60. The smallest absolute Gasteiger partial charge is 0.0406 e. The van der Waals surface area contributed by atoms with Gasteiger partial charge in [0.2, 0.25) is 0 Å². The monoisotopic (exact) mass is 144 g/mol. The van der Waals surface area contributed by atoms with Crippen molar-refractivity contribution in [1.82, 2.24) is 0 Å². The molecule has 8 heavy (non-hydrogen) atoms. The maximum Gasteiger partial charge on any atom is 0.0406 e. The first-order valence-corrected chi connectivity index (χ1v) is 3.25. The molecule has 0 bridgehead atoms. The minimum absolute atomic E-state index is 0.788. The predicted molar refractivity (Wildman–Crippen MR) is 40.8 cm³/mol. The highest BCUT2D eigenvalue weighted by atomic mass is 35.5. The molecule has 0 fully saturated rings. The van der Waals surface area contributed by atoms with Gasteiger partial charge in [-0.15, -0.1) is 9.24 Å². The predicted octanol–water partition coefficient (Wildman–Crippen LogP) is 1.84. The molecule has 0 spiro atoms. The first-order valence-electron chi connectivity index (χ1n) is 2.30. The molecule has 0 aromatic heterocycles. The fourth-order valence-electron chi connectivity index (χ4n) is 0.463. The van der Waals surface area contributed by atoms with Crippen LogP contribution in [0.25, 0.3) is 0 Å². The molecule has 1 atom stereocenters. The SMILES string of the molecule is Pc1ccc(Cl)cc1. The Hall–Kier alpha value is -0.0600. The lowest BCUT2D eigenvalue weighted by Gasteiger charge is -1.88. The van der Waals surface area contributed by atoms with Crippen molar-refractivity contribution in [1.29, 1.82) is 0 Å². The number of rotatable bonds is 0. The van der Waals surface area contributed by atoms with Crippen molar-refractivity contribution in [3.05, 3.63) is 29.3 Å². The summed E-state index contributed by atoms with van der Waals surface area (Å²) in [5, 5.41) is 1.95. The van der Waals surface area contributed by atoms with Gasteiger partial charge in [0.25, 0.3) is 0 Å². The van der Waals surface area contributed by atoms with Crippen LogP contribution in [0.4, 0.5) is 0 Å². The van der Waals surface area contributed by atoms with Crippen LogP contribution in [0.1, 0.15) is 0 Å². The fraction of sp³-hybridized carbons (Fsp3) is 0. The lowest BCUT2D eigenvalue weighted by Crippen LogP contribution is -1.84. The molecule has 1 unspecified atom stereocenters. The van der Waals surface area contributed by atoms with Crippen molar-refractivity contribution >= 4 is 26.1 Å². The zero-order valence-corrected chi connectivity index (χ0v) is 6.18. The average Bonchev–Trinajstić information content (AvgIpc) is 1.77. The molecule has 1 rings (SSSR count). The summed E-state index contributed by atoms with van der Waals surface area (Å²) in [5.41, 5.74) is 0. The quantitative estimate of drug-likeness (QED) is 0.488. The Morgan fingerprint density at radius 1 is 1.12 bits per heavy atom. The van der Waals surface area contributed by atoms with Crippen molar-refractivity contribution in [3.8, 4) is 0 Å². The molecule has 0 radical (unpaired) electrons. The first kappa shape index (κ1) is 6.07. The molecular formula is C6H6ClP. The molecule has 0 aliphatic rings. The standard InChI is InChI=1S/C6H6ClP/c7-5-1-3-6(8)4-2-5/h1-4H,8H2. The van der Waals surface area contributed by atoms with Crippen molar-refractivity contribution in [2.45, 2.75) is 0 Å². The van der Waals surface area contributed by atoms with E-state index in [0.29, 0.717) is 0 Å². The van der Waals surface area contributed by atoms with E-state index in [-0.39, 0.29) is 0 Å². The van der Waals surface area contributed by atoms with Gasteiger partial charge < -0.3 is 0 Å². The molecular weight excluding hydrogens is 138 g/mol. The molecule has 0 heterocycles. The Balaban J connectivity index is 3.03. The van der Waals surface area contributed by atoms with E-state index in [4.69, 9.17) is 11.6 Å². The first-order chi connectivity index (χ1) is 3.79. The van der Waals surface area contributed by atoms with Crippen LogP contribution in [-0.4, -0.2) is 0 Å². The molecule has 0 nitrogen and oxygen atoms in total. The number of hydrogen-bond acceptors (Lipinski definition) is 0. The normalized spacial score (nSPS) is 9.25. The average molecular weight is 145 g/mol. The molecule has 0 aliphatic heterocycles. The van der Waals surface area contributed by atoms with E-state index in [2.05, 4.69) is 9.24 Å². The third-order valence-corrected chi connectivity index (χ3v) is 1.51. The van der Waals surface area contributed by atoms with Crippen LogP contribution < -0.4 is 5.30 Å². The maximum atomic E-state index is 5.60. The van der Waals surface area contributed by atoms with Crippen LogP contribution in [0.5, 0.6) is 0 Å². The van der Waals surface area contributed by atoms with Crippen LogP contribution >= 0.6 is 20.8 Å². The number of halogens is 1. The minimum atomic E-state index is 0.788. The second-order valence-electron chi connectivity index (χ2n) is 1.55. The van der Waals surface area contributed by atoms with Crippen LogP contribution in [-0.2, 0) is 0 Å². The van der Waals surface area contributed by atoms with E-state index in [1.54, 1.807) is 0 Å². The van der Waals surface area contributed by atoms with E-state index < -0.39 is 0 Å². The molecule has 0 N–H and O–H groups in total. The highest BCUT2D eigenvalue weighted by Crippen LogP contribution is 2.04. The minimum Gasteiger partial charge on any atom is -0.106 e. The summed E-state index contributed by atoms with van der Waals surface area (Å²) < 4.78 is 0. The Kier molecular flexibility index (Phi) is 1.88. The topological polar surface area (TPSA) is 0 Å². The van der Waals surface area contributed by atoms with Crippen LogP contribution in [0.15, 0.2) is 24.3 Å². The third-order valence-electron chi connectivity index (χ3n) is 0.870. The molecule has 0 saturated carbocycles. The molecule has 1 aromatic rings. The molecule has 0 aliphatic carbocycles. The van der Waals surface area contributed by atoms with Gasteiger partial charge in [-0.1, -0.05) is 23.7 Å². The van der Waals surface area contributed by atoms with Gasteiger partial charge in [-0.25, -0.2) is 0 Å². The largest absolute Gasteiger partial charge is 0.106 e. The summed E-state index contributed by atoms with van der Waals surface area (Å²) in [6.45, 7) is 0. The van der Waals surface area contributed by atoms with E-state index in [1.165, 1.54) is 0 Å². The molecule has 42 valence electrons. The summed E-state index contributed by atoms with van der Waals surface area (Å²) >= 11 is 5.60. The van der Waals surface area contributed by atoms with Gasteiger partial charge in [0.15, 0.2) is 0 Å². The Morgan fingerprint density at radius 3 is 2.00 bits per heavy atom. The van der Waals surface area contributed by atoms with Gasteiger partial charge in [0.05, 0.1) is 0 Å². The summed E-state index contributed by atoms with van der Waals surface area (Å²) in [6.07, 6.45) is 0. The molecule has 0 saturated heterocycles. The van der Waals surface area contributed by atoms with E-state index in [0.717, 1.165) is 10.3 Å². The summed E-state index contributed by atoms with van der Waals surface area (Å²) in [5.74, 6) is 0. The van der Waals surface area contributed by atoms with Crippen molar-refractivity contribution in [2.75, 3.05) is 0 Å². The van der Waals surface area contributed by atoms with Gasteiger partial charge in [0, 0.05) is 5.02 Å². The zero-order chi connectivity index (χ0) is 5.98. The number of benzene rings is 1. The van der Waals surface area contributed by atoms with Crippen molar-refractivity contribution in [2.24, 2.45) is 0 Å². The van der Waals surface area contributed by atoms with Gasteiger partial charge in [0.1, 0.15) is 0 Å². The van der Waals surface area contributed by atoms with Gasteiger partial charge in [-0.05, 0) is 17.4 Å². The summed E-state index contributed by atoms with van der Waals surface area (Å²) in [7, 11) is 2.59. The number of hydrogen-bond donors (Lipinski definition) is 0. The van der Waals surface area contributed by atoms with E-state index in [9.17, 15) is 0 Å². The fourth-order valence-corrected chi connectivity index (χ4v) is 0.781. The molecule has 1 aromatic carbocycles. The zero-order valence-electron chi connectivity index (χ0n) is 4.26. The van der Waals surface area contributed by atoms with Crippen molar-refractivity contribution < 1.29 is 0 Å². The lowest BCUT2D eigenvalue weighted by atomic mass is 10.4. The highest BCUT2D eigenvalue weighted by molar-refractivity contribution is 7.27. The van der Waals surface area contributed by atoms with Gasteiger partial charge >= 0.3 is 0 Å². The second-order valence-corrected chi connectivity index (χ2v) is 2.65. The second kappa shape index (κ2) is 2.48. The lowest BCUT2D eigenvalue weighted by molar-refractivity contribution is 1.77. The summed E-state index contributed by atoms with van der Waals surface area (Å²) in [6, 6.07) is 7.63. The summed E-state index contributed by atoms with van der Waals surface area (Å²) in [4.78, 5) is 0. The molecule has 0 amide bonds. The van der Waals surface area contributed by atoms with E-state index >= 15 is 0 Å². The van der Waals surface area contributed by atoms with E-state index in [1.807, 2.05) is 24.3 Å². The Labute approximate surface area is 56.1 Å².